The molecule has 10 aromatic carbocycles. The van der Waals surface area contributed by atoms with Gasteiger partial charge in [-0.1, -0.05) is 188 Å². The molecule has 0 bridgehead atoms. The first-order valence-corrected chi connectivity index (χ1v) is 22.9. The zero-order valence-corrected chi connectivity index (χ0v) is 35.8. The number of anilines is 3. The van der Waals surface area contributed by atoms with Gasteiger partial charge < -0.3 is 9.47 Å². The zero-order chi connectivity index (χ0) is 42.6. The summed E-state index contributed by atoms with van der Waals surface area (Å²) in [6.45, 7) is 2.45. The monoisotopic (exact) mass is 824 g/mol. The van der Waals surface area contributed by atoms with Gasteiger partial charge in [-0.05, 0) is 121 Å². The average Bonchev–Trinajstić information content (AvgIpc) is 3.97. The molecule has 0 saturated heterocycles. The summed E-state index contributed by atoms with van der Waals surface area (Å²) in [7, 11) is 0. The molecule has 2 nitrogen and oxygen atoms in total. The minimum absolute atomic E-state index is 0.337. The Kier molecular flexibility index (Phi) is 6.78. The lowest BCUT2D eigenvalue weighted by Crippen LogP contribution is -2.33. The van der Waals surface area contributed by atoms with Crippen molar-refractivity contribution in [1.29, 1.82) is 0 Å². The molecule has 0 fully saturated rings. The van der Waals surface area contributed by atoms with Crippen molar-refractivity contribution in [3.8, 4) is 50.2 Å². The molecule has 0 amide bonds. The summed E-state index contributed by atoms with van der Waals surface area (Å²) >= 11 is 0. The third kappa shape index (κ3) is 4.26. The van der Waals surface area contributed by atoms with Gasteiger partial charge in [0.1, 0.15) is 0 Å². The summed E-state index contributed by atoms with van der Waals surface area (Å²) in [6, 6.07) is 84.6. The van der Waals surface area contributed by atoms with E-state index in [0.29, 0.717) is 0 Å². The predicted molar refractivity (Wildman–Crippen MR) is 268 cm³/mol. The molecule has 0 N–H and O–H groups in total. The van der Waals surface area contributed by atoms with Crippen LogP contribution >= 0.6 is 0 Å². The Hall–Kier alpha value is -8.20. The fourth-order valence-corrected chi connectivity index (χ4v) is 13.0. The van der Waals surface area contributed by atoms with Crippen LogP contribution in [0.4, 0.5) is 17.1 Å². The quantitative estimate of drug-likeness (QED) is 0.172. The van der Waals surface area contributed by atoms with E-state index in [4.69, 9.17) is 0 Å². The minimum Gasteiger partial charge on any atom is -0.309 e. The minimum atomic E-state index is -0.489. The predicted octanol–water partition coefficient (Wildman–Crippen LogP) is 15.9. The van der Waals surface area contributed by atoms with Gasteiger partial charge in [0.05, 0.1) is 39.2 Å². The van der Waals surface area contributed by atoms with Crippen molar-refractivity contribution in [3.05, 3.63) is 263 Å². The van der Waals surface area contributed by atoms with Gasteiger partial charge in [-0.15, -0.1) is 0 Å². The van der Waals surface area contributed by atoms with E-state index < -0.39 is 5.41 Å². The lowest BCUT2D eigenvalue weighted by atomic mass is 9.65. The largest absolute Gasteiger partial charge is 0.309 e. The molecule has 1 unspecified atom stereocenters. The third-order valence-electron chi connectivity index (χ3n) is 15.6. The van der Waals surface area contributed by atoms with Crippen molar-refractivity contribution in [2.45, 2.75) is 17.8 Å². The van der Waals surface area contributed by atoms with Crippen LogP contribution in [0.15, 0.2) is 224 Å². The maximum atomic E-state index is 2.57. The van der Waals surface area contributed by atoms with E-state index in [1.165, 1.54) is 122 Å². The first-order chi connectivity index (χ1) is 32.2. The summed E-state index contributed by atoms with van der Waals surface area (Å²) in [5.41, 5.74) is 26.0. The fraction of sp³-hybridized carbons (Fsp3) is 0.0476. The summed E-state index contributed by atoms with van der Waals surface area (Å²) in [4.78, 5) is 2.56. The molecule has 15 rings (SSSR count). The topological polar surface area (TPSA) is 8.17 Å². The van der Waals surface area contributed by atoms with Crippen molar-refractivity contribution in [3.63, 3.8) is 0 Å². The Morgan fingerprint density at radius 1 is 0.323 bits per heavy atom. The standard InChI is InChI=1S/C63H40N2/c1-62-49-26-10-5-22-45(49)47-24-16-32-58(60(47)62)64(57-36-34-40(37-54(57)62)39-17-3-2-4-18-39)55-30-13-8-19-42(55)41-33-35-52-59(38-41)65-56-31-14-9-23-46(56)48-25-15-29-53(61(48)65)63(52)50-27-11-6-20-43(50)44-21-7-12-28-51(44)63/h2-38H,1H3. The van der Waals surface area contributed by atoms with Gasteiger partial charge in [-0.2, -0.15) is 0 Å². The van der Waals surface area contributed by atoms with E-state index in [-0.39, 0.29) is 5.41 Å². The number of hydrogen-bond acceptors (Lipinski definition) is 1. The second-order valence-corrected chi connectivity index (χ2v) is 18.4. The van der Waals surface area contributed by atoms with E-state index in [2.05, 4.69) is 241 Å². The smallest absolute Gasteiger partial charge is 0.0754 e. The van der Waals surface area contributed by atoms with Gasteiger partial charge in [0.2, 0.25) is 0 Å². The van der Waals surface area contributed by atoms with E-state index in [1.807, 2.05) is 0 Å². The molecule has 2 heteroatoms. The molecule has 1 spiro atoms. The molecule has 2 aliphatic heterocycles. The molecule has 2 aliphatic carbocycles. The molecule has 302 valence electrons. The molecular weight excluding hydrogens is 785 g/mol. The molecular formula is C63H40N2. The van der Waals surface area contributed by atoms with E-state index in [0.717, 1.165) is 5.69 Å². The highest BCUT2D eigenvalue weighted by molar-refractivity contribution is 6.13. The van der Waals surface area contributed by atoms with Crippen molar-refractivity contribution < 1.29 is 0 Å². The number of fused-ring (bicyclic) bond motifs is 17. The first-order valence-electron chi connectivity index (χ1n) is 22.9. The molecule has 1 aromatic heterocycles. The normalized spacial score (nSPS) is 16.2. The molecule has 11 aromatic rings. The van der Waals surface area contributed by atoms with Crippen molar-refractivity contribution >= 4 is 38.9 Å². The Labute approximate surface area is 378 Å². The maximum Gasteiger partial charge on any atom is 0.0754 e. The molecule has 65 heavy (non-hydrogen) atoms. The number of rotatable bonds is 3. The highest BCUT2D eigenvalue weighted by atomic mass is 15.2. The first kappa shape index (κ1) is 35.3. The number of hydrogen-bond donors (Lipinski definition) is 0. The van der Waals surface area contributed by atoms with E-state index in [9.17, 15) is 0 Å². The Bertz CT molecular complexity index is 3820. The van der Waals surface area contributed by atoms with Crippen molar-refractivity contribution in [2.24, 2.45) is 0 Å². The average molecular weight is 825 g/mol. The van der Waals surface area contributed by atoms with Gasteiger partial charge in [-0.25, -0.2) is 0 Å². The van der Waals surface area contributed by atoms with E-state index in [1.54, 1.807) is 0 Å². The van der Waals surface area contributed by atoms with Gasteiger partial charge in [0, 0.05) is 21.8 Å². The van der Waals surface area contributed by atoms with Gasteiger partial charge in [0.25, 0.3) is 0 Å². The summed E-state index contributed by atoms with van der Waals surface area (Å²) < 4.78 is 2.57. The Balaban J connectivity index is 1.01. The van der Waals surface area contributed by atoms with Crippen LogP contribution in [0, 0.1) is 0 Å². The number of nitrogens with zero attached hydrogens (tertiary/aromatic N) is 2. The molecule has 3 heterocycles. The van der Waals surface area contributed by atoms with Crippen LogP contribution in [-0.4, -0.2) is 4.57 Å². The van der Waals surface area contributed by atoms with Crippen LogP contribution in [0.25, 0.3) is 72.0 Å². The van der Waals surface area contributed by atoms with Gasteiger partial charge in [-0.3, -0.25) is 0 Å². The highest BCUT2D eigenvalue weighted by Gasteiger charge is 2.51. The van der Waals surface area contributed by atoms with E-state index >= 15 is 0 Å². The van der Waals surface area contributed by atoms with Gasteiger partial charge in [0.15, 0.2) is 0 Å². The van der Waals surface area contributed by atoms with Crippen LogP contribution in [0.1, 0.15) is 45.9 Å². The Morgan fingerprint density at radius 3 is 1.71 bits per heavy atom. The SMILES string of the molecule is CC12c3ccccc3-c3cccc(c31)N(c1ccccc1-c1ccc3c(c1)-n1c4ccccc4c4cccc(c41)C31c3ccccc3-c3ccccc31)c1ccc(-c3ccccc3)cc12. The fourth-order valence-electron chi connectivity index (χ4n) is 13.0. The van der Waals surface area contributed by atoms with Gasteiger partial charge >= 0.3 is 0 Å². The lowest BCUT2D eigenvalue weighted by molar-refractivity contribution is 0.702. The third-order valence-corrected chi connectivity index (χ3v) is 15.6. The number of aromatic nitrogens is 1. The molecule has 4 aliphatic rings. The molecule has 1 atom stereocenters. The zero-order valence-electron chi connectivity index (χ0n) is 35.8. The van der Waals surface area contributed by atoms with Crippen LogP contribution in [0.3, 0.4) is 0 Å². The summed E-state index contributed by atoms with van der Waals surface area (Å²) in [5, 5.41) is 2.57. The molecule has 0 saturated carbocycles. The number of para-hydroxylation sites is 3. The summed E-state index contributed by atoms with van der Waals surface area (Å²) in [6.07, 6.45) is 0. The summed E-state index contributed by atoms with van der Waals surface area (Å²) in [5.74, 6) is 0. The molecule has 0 radical (unpaired) electrons. The van der Waals surface area contributed by atoms with Crippen molar-refractivity contribution in [1.82, 2.24) is 4.57 Å². The lowest BCUT2D eigenvalue weighted by Gasteiger charge is -2.43. The highest BCUT2D eigenvalue weighted by Crippen LogP contribution is 2.64. The maximum absolute atomic E-state index is 2.57. The van der Waals surface area contributed by atoms with Crippen LogP contribution in [-0.2, 0) is 10.8 Å². The number of benzene rings is 10. The van der Waals surface area contributed by atoms with Crippen molar-refractivity contribution in [2.75, 3.05) is 4.90 Å². The van der Waals surface area contributed by atoms with Crippen LogP contribution in [0.5, 0.6) is 0 Å². The second kappa shape index (κ2) is 12.5. The second-order valence-electron chi connectivity index (χ2n) is 18.4. The Morgan fingerprint density at radius 2 is 0.908 bits per heavy atom. The van der Waals surface area contributed by atoms with Crippen LogP contribution < -0.4 is 4.90 Å². The van der Waals surface area contributed by atoms with Crippen LogP contribution in [0.2, 0.25) is 0 Å².